The molecule has 60 valence electrons. The average Bonchev–Trinajstić information content (AvgIpc) is 2.07. The molecule has 1 aliphatic carbocycles. The summed E-state index contributed by atoms with van der Waals surface area (Å²) in [6.45, 7) is 2.30. The van der Waals surface area contributed by atoms with Gasteiger partial charge in [0.2, 0.25) is 0 Å². The van der Waals surface area contributed by atoms with Crippen molar-refractivity contribution in [3.05, 3.63) is 0 Å². The zero-order chi connectivity index (χ0) is 8.10. The predicted molar refractivity (Wildman–Crippen MR) is 51.0 cm³/mol. The van der Waals surface area contributed by atoms with Gasteiger partial charge in [-0.05, 0) is 0 Å². The molecule has 0 aromatic carbocycles. The molecule has 0 saturated heterocycles. The average molecular weight is 146 g/mol. The van der Waals surface area contributed by atoms with Crippen molar-refractivity contribution in [2.45, 2.75) is 56.5 Å². The topological polar surface area (TPSA) is 0 Å². The van der Waals surface area contributed by atoms with E-state index in [2.05, 4.69) is 24.6 Å². The summed E-state index contributed by atoms with van der Waals surface area (Å²) in [6, 6.07) is 0. The second-order valence-corrected chi connectivity index (χ2v) is 4.16. The molecular formula is C10H19Li. The molecule has 0 spiro atoms. The molecule has 0 aromatic heterocycles. The van der Waals surface area contributed by atoms with Crippen molar-refractivity contribution in [3.63, 3.8) is 0 Å². The van der Waals surface area contributed by atoms with Crippen LogP contribution in [0.5, 0.6) is 0 Å². The molecule has 1 aliphatic rings. The summed E-state index contributed by atoms with van der Waals surface area (Å²) in [5.41, 5.74) is 0. The fourth-order valence-electron chi connectivity index (χ4n) is 2.39. The summed E-state index contributed by atoms with van der Waals surface area (Å²) >= 11 is 2.44. The molecule has 0 heterocycles. The summed E-state index contributed by atoms with van der Waals surface area (Å²) < 4.78 is 1.00. The van der Waals surface area contributed by atoms with Crippen molar-refractivity contribution in [2.75, 3.05) is 0 Å². The van der Waals surface area contributed by atoms with Crippen LogP contribution in [0.15, 0.2) is 0 Å². The van der Waals surface area contributed by atoms with Gasteiger partial charge in [0, 0.05) is 0 Å². The Morgan fingerprint density at radius 1 is 1.27 bits per heavy atom. The second-order valence-electron chi connectivity index (χ2n) is 4.16. The maximum absolute atomic E-state index is 2.44. The van der Waals surface area contributed by atoms with E-state index in [0.29, 0.717) is 0 Å². The first kappa shape index (κ1) is 9.68. The predicted octanol–water partition coefficient (Wildman–Crippen LogP) is 3.32. The number of hydrogen-bond donors (Lipinski definition) is 0. The Bertz CT molecular complexity index is 95.0. The molecule has 11 heavy (non-hydrogen) atoms. The molecule has 0 nitrogen and oxygen atoms in total. The van der Waals surface area contributed by atoms with Crippen LogP contribution in [0.3, 0.4) is 0 Å². The van der Waals surface area contributed by atoms with E-state index in [1.807, 2.05) is 0 Å². The molecule has 1 fully saturated rings. The number of rotatable bonds is 3. The molecular weight excluding hydrogens is 127 g/mol. The van der Waals surface area contributed by atoms with E-state index in [1.54, 1.807) is 0 Å². The zero-order valence-corrected chi connectivity index (χ0v) is 8.10. The van der Waals surface area contributed by atoms with E-state index < -0.39 is 0 Å². The van der Waals surface area contributed by atoms with Gasteiger partial charge in [0.1, 0.15) is 0 Å². The van der Waals surface area contributed by atoms with Gasteiger partial charge in [-0.25, -0.2) is 0 Å². The van der Waals surface area contributed by atoms with Crippen LogP contribution in [-0.2, 0) is 0 Å². The molecule has 0 aliphatic heterocycles. The summed E-state index contributed by atoms with van der Waals surface area (Å²) in [4.78, 5) is 0. The van der Waals surface area contributed by atoms with Gasteiger partial charge in [0.25, 0.3) is 0 Å². The van der Waals surface area contributed by atoms with Gasteiger partial charge in [0.15, 0.2) is 0 Å². The van der Waals surface area contributed by atoms with Gasteiger partial charge in [-0.1, -0.05) is 0 Å². The van der Waals surface area contributed by atoms with E-state index in [0.717, 1.165) is 10.5 Å². The van der Waals surface area contributed by atoms with Crippen molar-refractivity contribution in [1.29, 1.82) is 0 Å². The van der Waals surface area contributed by atoms with Crippen LogP contribution < -0.4 is 0 Å². The summed E-state index contributed by atoms with van der Waals surface area (Å²) in [7, 11) is 0. The minimum absolute atomic E-state index is 1.00. The van der Waals surface area contributed by atoms with Gasteiger partial charge in [-0.2, -0.15) is 0 Å². The molecule has 1 atom stereocenters. The van der Waals surface area contributed by atoms with Gasteiger partial charge in [-0.3, -0.25) is 0 Å². The first-order valence-corrected chi connectivity index (χ1v) is 5.34. The third-order valence-electron chi connectivity index (χ3n) is 3.20. The van der Waals surface area contributed by atoms with Crippen molar-refractivity contribution in [1.82, 2.24) is 0 Å². The third-order valence-corrected chi connectivity index (χ3v) is 3.20. The van der Waals surface area contributed by atoms with Crippen LogP contribution in [-0.4, -0.2) is 17.7 Å². The fourth-order valence-corrected chi connectivity index (χ4v) is 2.39. The molecule has 0 bridgehead atoms. The first-order chi connectivity index (χ1) is 5.34. The molecule has 0 amide bonds. The number of hydrogen-bond acceptors (Lipinski definition) is 0. The second kappa shape index (κ2) is 5.28. The Morgan fingerprint density at radius 3 is 2.45 bits per heavy atom. The van der Waals surface area contributed by atoms with Crippen LogP contribution in [0.25, 0.3) is 0 Å². The Hall–Kier alpha value is 0.597. The summed E-state index contributed by atoms with van der Waals surface area (Å²) in [6.07, 6.45) is 10.3. The van der Waals surface area contributed by atoms with Crippen molar-refractivity contribution >= 4 is 17.7 Å². The Labute approximate surface area is 80.3 Å². The van der Waals surface area contributed by atoms with Gasteiger partial charge < -0.3 is 0 Å². The molecule has 1 heteroatoms. The van der Waals surface area contributed by atoms with E-state index in [9.17, 15) is 0 Å². The Balaban J connectivity index is 2.21. The zero-order valence-electron chi connectivity index (χ0n) is 8.10. The third kappa shape index (κ3) is 3.22. The van der Waals surface area contributed by atoms with Crippen LogP contribution in [0.2, 0.25) is 4.59 Å². The van der Waals surface area contributed by atoms with Crippen LogP contribution in [0.4, 0.5) is 0 Å². The standard InChI is InChI=1S/C10H19.Li/c1-2-3-7-10-8-5-4-6-9-10;/h7,10H,2-6,8-9H2,1H3;. The molecule has 0 aromatic rings. The summed E-state index contributed by atoms with van der Waals surface area (Å²) in [5, 5.41) is 0. The quantitative estimate of drug-likeness (QED) is 0.536. The van der Waals surface area contributed by atoms with Crippen LogP contribution in [0, 0.1) is 5.92 Å². The van der Waals surface area contributed by atoms with Crippen molar-refractivity contribution in [3.8, 4) is 0 Å². The minimum atomic E-state index is 1.00. The van der Waals surface area contributed by atoms with Gasteiger partial charge in [-0.15, -0.1) is 0 Å². The Kier molecular flexibility index (Phi) is 4.65. The maximum atomic E-state index is 2.44. The van der Waals surface area contributed by atoms with Crippen LogP contribution >= 0.6 is 0 Å². The van der Waals surface area contributed by atoms with Gasteiger partial charge >= 0.3 is 80.1 Å². The monoisotopic (exact) mass is 146 g/mol. The van der Waals surface area contributed by atoms with Gasteiger partial charge in [0.05, 0.1) is 0 Å². The van der Waals surface area contributed by atoms with Crippen molar-refractivity contribution < 1.29 is 0 Å². The van der Waals surface area contributed by atoms with E-state index >= 15 is 0 Å². The Morgan fingerprint density at radius 2 is 1.91 bits per heavy atom. The van der Waals surface area contributed by atoms with Crippen LogP contribution in [0.1, 0.15) is 51.9 Å². The normalized spacial score (nSPS) is 23.5. The molecule has 1 saturated carbocycles. The summed E-state index contributed by atoms with van der Waals surface area (Å²) in [5.74, 6) is 1.07. The first-order valence-electron chi connectivity index (χ1n) is 5.34. The SMILES string of the molecule is [Li][CH](CCC)C1CCCCC1. The molecule has 1 unspecified atom stereocenters. The van der Waals surface area contributed by atoms with E-state index in [4.69, 9.17) is 0 Å². The molecule has 1 rings (SSSR count). The van der Waals surface area contributed by atoms with Crippen molar-refractivity contribution in [2.24, 2.45) is 5.92 Å². The van der Waals surface area contributed by atoms with E-state index in [-0.39, 0.29) is 0 Å². The molecule has 0 N–H and O–H groups in total. The van der Waals surface area contributed by atoms with E-state index in [1.165, 1.54) is 44.9 Å². The fraction of sp³-hybridized carbons (Fsp3) is 1.00. The molecule has 0 radical (unpaired) electrons.